The Labute approximate surface area is 208 Å². The monoisotopic (exact) mass is 500 g/mol. The number of ether oxygens (including phenoxy) is 2. The Morgan fingerprint density at radius 1 is 1.20 bits per heavy atom. The van der Waals surface area contributed by atoms with Crippen molar-refractivity contribution in [1.82, 2.24) is 5.32 Å². The van der Waals surface area contributed by atoms with E-state index >= 15 is 8.78 Å². The molecule has 3 aromatic carbocycles. The van der Waals surface area contributed by atoms with Crippen LogP contribution in [0.25, 0.3) is 11.1 Å². The fraction of sp³-hybridized carbons (Fsp3) is 0.296. The summed E-state index contributed by atoms with van der Waals surface area (Å²) in [5.41, 5.74) is 5.67. The van der Waals surface area contributed by atoms with E-state index in [9.17, 15) is 4.79 Å². The number of methoxy groups -OCH3 is 1. The molecule has 1 aliphatic rings. The van der Waals surface area contributed by atoms with Gasteiger partial charge in [-0.3, -0.25) is 4.79 Å². The molecule has 3 aromatic rings. The van der Waals surface area contributed by atoms with E-state index in [-0.39, 0.29) is 39.3 Å². The molecule has 3 N–H and O–H groups in total. The largest absolute Gasteiger partial charge is 0.494 e. The Kier molecular flexibility index (Phi) is 6.75. The lowest BCUT2D eigenvalue weighted by molar-refractivity contribution is 0.0675. The molecule has 35 heavy (non-hydrogen) atoms. The number of primary amides is 1. The fourth-order valence-electron chi connectivity index (χ4n) is 4.73. The number of carbonyl (C=O) groups is 1. The zero-order valence-corrected chi connectivity index (χ0v) is 20.7. The first-order valence-corrected chi connectivity index (χ1v) is 11.7. The zero-order valence-electron chi connectivity index (χ0n) is 19.9. The summed E-state index contributed by atoms with van der Waals surface area (Å²) in [5.74, 6) is -2.85. The molecule has 1 amide bonds. The highest BCUT2D eigenvalue weighted by Gasteiger charge is 2.50. The van der Waals surface area contributed by atoms with Crippen LogP contribution < -0.4 is 20.5 Å². The number of hydrogen-bond acceptors (Lipinski definition) is 4. The van der Waals surface area contributed by atoms with Gasteiger partial charge in [-0.25, -0.2) is 8.78 Å². The molecule has 0 fully saturated rings. The molecule has 0 spiro atoms. The molecule has 0 radical (unpaired) electrons. The molecule has 0 saturated carbocycles. The van der Waals surface area contributed by atoms with Gasteiger partial charge in [-0.05, 0) is 17.7 Å². The van der Waals surface area contributed by atoms with E-state index in [1.54, 1.807) is 0 Å². The predicted octanol–water partition coefficient (Wildman–Crippen LogP) is 5.78. The van der Waals surface area contributed by atoms with Gasteiger partial charge in [0, 0.05) is 41.3 Å². The molecule has 5 nitrogen and oxygen atoms in total. The van der Waals surface area contributed by atoms with Crippen LogP contribution in [0.5, 0.6) is 11.5 Å². The van der Waals surface area contributed by atoms with Crippen LogP contribution in [-0.4, -0.2) is 25.6 Å². The summed E-state index contributed by atoms with van der Waals surface area (Å²) in [5, 5.41) is 3.10. The first-order valence-electron chi connectivity index (χ1n) is 11.3. The van der Waals surface area contributed by atoms with Crippen LogP contribution in [0.3, 0.4) is 0 Å². The molecule has 0 unspecified atom stereocenters. The third kappa shape index (κ3) is 4.13. The summed E-state index contributed by atoms with van der Waals surface area (Å²) >= 11 is 6.48. The van der Waals surface area contributed by atoms with Crippen molar-refractivity contribution in [1.29, 1.82) is 0 Å². The highest BCUT2D eigenvalue weighted by molar-refractivity contribution is 6.34. The van der Waals surface area contributed by atoms with Gasteiger partial charge in [0.2, 0.25) is 5.91 Å². The number of rotatable bonds is 7. The Balaban J connectivity index is 2.03. The van der Waals surface area contributed by atoms with Crippen molar-refractivity contribution >= 4 is 17.5 Å². The van der Waals surface area contributed by atoms with Gasteiger partial charge >= 0.3 is 0 Å². The summed E-state index contributed by atoms with van der Waals surface area (Å²) in [6, 6.07) is 13.6. The molecule has 1 heterocycles. The molecule has 4 rings (SSSR count). The maximum absolute atomic E-state index is 15.7. The maximum Gasteiger partial charge on any atom is 0.249 e. The van der Waals surface area contributed by atoms with E-state index in [1.807, 2.05) is 51.1 Å². The average molecular weight is 501 g/mol. The summed E-state index contributed by atoms with van der Waals surface area (Å²) < 4.78 is 42.5. The van der Waals surface area contributed by atoms with Crippen molar-refractivity contribution in [2.24, 2.45) is 5.73 Å². The Hall–Kier alpha value is -3.16. The molecule has 0 aromatic heterocycles. The number of carbonyl (C=O) groups excluding carboxylic acids is 1. The van der Waals surface area contributed by atoms with Gasteiger partial charge in [-0.2, -0.15) is 0 Å². The lowest BCUT2D eigenvalue weighted by atomic mass is 9.77. The quantitative estimate of drug-likeness (QED) is 0.431. The number of nitrogens with two attached hydrogens (primary N) is 1. The predicted molar refractivity (Wildman–Crippen MR) is 132 cm³/mol. The molecule has 0 saturated heterocycles. The van der Waals surface area contributed by atoms with Gasteiger partial charge in [-0.1, -0.05) is 62.7 Å². The number of fused-ring (bicyclic) bond motifs is 1. The van der Waals surface area contributed by atoms with Crippen LogP contribution in [0.4, 0.5) is 8.78 Å². The lowest BCUT2D eigenvalue weighted by Crippen LogP contribution is -2.46. The third-order valence-electron chi connectivity index (χ3n) is 6.52. The summed E-state index contributed by atoms with van der Waals surface area (Å²) in [6.07, 6.45) is 0. The SMILES string of the molecule is COc1ccc(C(N)=O)c(-c2c(Cl)c(F)cc3c2[C@H](C)[C@@](CNC(C)C)(c2ccccc2)O3)c1F. The van der Waals surface area contributed by atoms with E-state index in [0.717, 1.165) is 5.56 Å². The first-order chi connectivity index (χ1) is 16.6. The van der Waals surface area contributed by atoms with Gasteiger partial charge in [0.05, 0.1) is 17.7 Å². The van der Waals surface area contributed by atoms with E-state index in [1.165, 1.54) is 25.3 Å². The van der Waals surface area contributed by atoms with Crippen molar-refractivity contribution < 1.29 is 23.0 Å². The minimum absolute atomic E-state index is 0.0294. The van der Waals surface area contributed by atoms with Crippen LogP contribution in [0.15, 0.2) is 48.5 Å². The third-order valence-corrected chi connectivity index (χ3v) is 6.89. The smallest absolute Gasteiger partial charge is 0.249 e. The first kappa shape index (κ1) is 24.9. The highest BCUT2D eigenvalue weighted by Crippen LogP contribution is 2.56. The van der Waals surface area contributed by atoms with Crippen LogP contribution in [0, 0.1) is 11.6 Å². The molecule has 0 bridgehead atoms. The number of hydrogen-bond donors (Lipinski definition) is 2. The second-order valence-corrected chi connectivity index (χ2v) is 9.32. The van der Waals surface area contributed by atoms with Crippen molar-refractivity contribution in [3.63, 3.8) is 0 Å². The maximum atomic E-state index is 15.7. The average Bonchev–Trinajstić information content (AvgIpc) is 3.11. The van der Waals surface area contributed by atoms with E-state index < -0.39 is 29.1 Å². The minimum Gasteiger partial charge on any atom is -0.494 e. The van der Waals surface area contributed by atoms with Gasteiger partial charge in [-0.15, -0.1) is 0 Å². The number of halogens is 3. The van der Waals surface area contributed by atoms with Gasteiger partial charge in [0.15, 0.2) is 17.2 Å². The summed E-state index contributed by atoms with van der Waals surface area (Å²) in [6.45, 7) is 6.34. The Morgan fingerprint density at radius 3 is 2.49 bits per heavy atom. The summed E-state index contributed by atoms with van der Waals surface area (Å²) in [7, 11) is 1.30. The van der Waals surface area contributed by atoms with Gasteiger partial charge in [0.1, 0.15) is 11.6 Å². The second kappa shape index (κ2) is 9.47. The number of nitrogens with one attached hydrogen (secondary N) is 1. The van der Waals surface area contributed by atoms with E-state index in [4.69, 9.17) is 26.8 Å². The normalized spacial score (nSPS) is 18.9. The fourth-order valence-corrected chi connectivity index (χ4v) is 4.98. The zero-order chi connectivity index (χ0) is 25.5. The molecule has 0 aliphatic carbocycles. The second-order valence-electron chi connectivity index (χ2n) is 8.94. The van der Waals surface area contributed by atoms with Crippen LogP contribution >= 0.6 is 11.6 Å². The highest BCUT2D eigenvalue weighted by atomic mass is 35.5. The van der Waals surface area contributed by atoms with Crippen LogP contribution in [0.2, 0.25) is 5.02 Å². The Morgan fingerprint density at radius 2 is 1.89 bits per heavy atom. The summed E-state index contributed by atoms with van der Waals surface area (Å²) in [4.78, 5) is 12.3. The lowest BCUT2D eigenvalue weighted by Gasteiger charge is -2.35. The van der Waals surface area contributed by atoms with Crippen molar-refractivity contribution in [3.8, 4) is 22.6 Å². The van der Waals surface area contributed by atoms with Crippen LogP contribution in [0.1, 0.15) is 48.2 Å². The van der Waals surface area contributed by atoms with Crippen molar-refractivity contribution in [3.05, 3.63) is 81.9 Å². The number of benzene rings is 3. The van der Waals surface area contributed by atoms with Gasteiger partial charge < -0.3 is 20.5 Å². The molecule has 8 heteroatoms. The van der Waals surface area contributed by atoms with Gasteiger partial charge in [0.25, 0.3) is 0 Å². The Bertz CT molecular complexity index is 1280. The molecular weight excluding hydrogens is 474 g/mol. The standard InChI is InChI=1S/C27H27ClF2N2O3/c1-14(2)32-13-27(16-8-6-5-7-9-16)15(3)21-20(35-27)12-18(29)24(28)23(21)22-17(26(31)33)10-11-19(34-4)25(22)30/h5-12,14-15,32H,13H2,1-4H3,(H2,31,33)/t15-,27-/m0/s1. The van der Waals surface area contributed by atoms with E-state index in [2.05, 4.69) is 5.32 Å². The van der Waals surface area contributed by atoms with Crippen LogP contribution in [-0.2, 0) is 5.60 Å². The molecular formula is C27H27ClF2N2O3. The molecule has 184 valence electrons. The molecule has 2 atom stereocenters. The van der Waals surface area contributed by atoms with Crippen molar-refractivity contribution in [2.75, 3.05) is 13.7 Å². The number of amides is 1. The minimum atomic E-state index is -0.942. The molecule has 1 aliphatic heterocycles. The van der Waals surface area contributed by atoms with E-state index in [0.29, 0.717) is 12.1 Å². The van der Waals surface area contributed by atoms with Crippen molar-refractivity contribution in [2.45, 2.75) is 38.3 Å². The topological polar surface area (TPSA) is 73.6 Å².